The Bertz CT molecular complexity index is 659. The number of hydrogen-bond donors (Lipinski definition) is 0. The van der Waals surface area contributed by atoms with Crippen molar-refractivity contribution < 1.29 is 87.0 Å². The molecule has 0 fully saturated rings. The molecule has 9 heteroatoms. The average molecular weight is 306 g/mol. The molecular weight excluding hydrogens is 297 g/mol. The molecule has 6 nitrogen and oxygen atoms in total. The van der Waals surface area contributed by atoms with Crippen LogP contribution in [0.5, 0.6) is 0 Å². The molecule has 0 bridgehead atoms. The molecule has 2 aromatic carbocycles. The fraction of sp³-hybridized carbons (Fsp3) is 0. The van der Waals surface area contributed by atoms with Crippen LogP contribution in [0.3, 0.4) is 0 Å². The van der Waals surface area contributed by atoms with Crippen molar-refractivity contribution >= 4 is 18.5 Å². The Hall–Kier alpha value is -1.04. The van der Waals surface area contributed by atoms with Crippen molar-refractivity contribution in [2.45, 2.75) is 0 Å². The van der Waals surface area contributed by atoms with Crippen LogP contribution in [0.25, 0.3) is 11.1 Å². The zero-order valence-electron chi connectivity index (χ0n) is 13.6. The Kier molecular flexibility index (Phi) is 18.4. The van der Waals surface area contributed by atoms with Gasteiger partial charge >= 0.3 is 56.6 Å². The molecule has 0 saturated heterocycles. The number of aromatic carboxylic acids is 1. The number of carbonyl (C=O) groups excluding carboxylic acids is 3. The maximum Gasteiger partial charge on any atom is 1.00 e. The minimum absolute atomic E-state index is 0. The van der Waals surface area contributed by atoms with Crippen LogP contribution in [0.1, 0.15) is 21.5 Å². The smallest absolute Gasteiger partial charge is 0.870 e. The SMILES string of the molecule is O=[C-]c1ccc(-c2ccc(C(=O)[O-])cc2[C-]=O)cc1.[Li+].[Li+].[Li+].[OH-].[OH-]. The monoisotopic (exact) mass is 306 g/mol. The van der Waals surface area contributed by atoms with E-state index in [1.54, 1.807) is 36.8 Å². The summed E-state index contributed by atoms with van der Waals surface area (Å²) in [5.74, 6) is -1.35. The van der Waals surface area contributed by atoms with Crippen molar-refractivity contribution in [1.29, 1.82) is 0 Å². The summed E-state index contributed by atoms with van der Waals surface area (Å²) in [7, 11) is 0. The van der Waals surface area contributed by atoms with Crippen LogP contribution in [-0.4, -0.2) is 29.5 Å². The number of hydrogen-bond acceptors (Lipinski definition) is 6. The fourth-order valence-electron chi connectivity index (χ4n) is 1.73. The fourth-order valence-corrected chi connectivity index (χ4v) is 1.73. The van der Waals surface area contributed by atoms with Crippen LogP contribution in [0, 0.1) is 0 Å². The normalized spacial score (nSPS) is 7.83. The molecule has 0 aromatic heterocycles. The summed E-state index contributed by atoms with van der Waals surface area (Å²) in [6.07, 6.45) is 3.44. The molecule has 0 unspecified atom stereocenters. The summed E-state index contributed by atoms with van der Waals surface area (Å²) in [6.45, 7) is 0. The van der Waals surface area contributed by atoms with E-state index in [0.717, 1.165) is 0 Å². The standard InChI is InChI=1S/C15H8O4.3Li.2H2O/c16-8-10-1-3-11(4-2-10)14-6-5-12(15(18)19)7-13(14)9-17;;;;;/h1-7H,(H,18,19);;;;2*1H2/q-2;3*+1;;/p-3. The summed E-state index contributed by atoms with van der Waals surface area (Å²) in [5.41, 5.74) is 1.66. The van der Waals surface area contributed by atoms with Crippen LogP contribution in [0.4, 0.5) is 0 Å². The maximum atomic E-state index is 10.9. The van der Waals surface area contributed by atoms with Gasteiger partial charge in [-0.1, -0.05) is 17.2 Å². The first kappa shape index (κ1) is 30.8. The Morgan fingerprint density at radius 1 is 0.833 bits per heavy atom. The predicted octanol–water partition coefficient (Wildman–Crippen LogP) is -8.71. The van der Waals surface area contributed by atoms with Gasteiger partial charge in [-0.2, -0.15) is 23.8 Å². The molecule has 0 saturated carbocycles. The summed E-state index contributed by atoms with van der Waals surface area (Å²) >= 11 is 0. The minimum atomic E-state index is -1.35. The Morgan fingerprint density at radius 2 is 1.38 bits per heavy atom. The van der Waals surface area contributed by atoms with Crippen molar-refractivity contribution in [1.82, 2.24) is 0 Å². The number of benzene rings is 2. The van der Waals surface area contributed by atoms with E-state index in [2.05, 4.69) is 0 Å². The van der Waals surface area contributed by atoms with Gasteiger partial charge in [0.15, 0.2) is 0 Å². The van der Waals surface area contributed by atoms with E-state index in [1.165, 1.54) is 18.2 Å². The number of carboxylic acid groups (broad SMARTS) is 1. The van der Waals surface area contributed by atoms with Gasteiger partial charge in [0.05, 0.1) is 18.5 Å². The van der Waals surface area contributed by atoms with Crippen molar-refractivity contribution in [2.75, 3.05) is 0 Å². The van der Waals surface area contributed by atoms with Crippen molar-refractivity contribution in [3.63, 3.8) is 0 Å². The topological polar surface area (TPSA) is 134 Å². The second-order valence-corrected chi connectivity index (χ2v) is 3.83. The molecule has 0 aliphatic heterocycles. The van der Waals surface area contributed by atoms with Gasteiger partial charge in [-0.15, -0.1) is 29.3 Å². The first-order valence-electron chi connectivity index (χ1n) is 5.38. The zero-order valence-corrected chi connectivity index (χ0v) is 13.6. The van der Waals surface area contributed by atoms with Gasteiger partial charge in [0.2, 0.25) is 0 Å². The van der Waals surface area contributed by atoms with E-state index in [4.69, 9.17) is 0 Å². The third kappa shape index (κ3) is 7.24. The molecule has 0 spiro atoms. The predicted molar refractivity (Wildman–Crippen MR) is 69.7 cm³/mol. The number of carbonyl (C=O) groups is 1. The van der Waals surface area contributed by atoms with Gasteiger partial charge in [0.1, 0.15) is 0 Å². The third-order valence-corrected chi connectivity index (χ3v) is 2.68. The van der Waals surface area contributed by atoms with E-state index in [1.807, 2.05) is 0 Å². The first-order valence-corrected chi connectivity index (χ1v) is 5.38. The van der Waals surface area contributed by atoms with Crippen LogP contribution in [-0.2, 0) is 9.59 Å². The summed E-state index contributed by atoms with van der Waals surface area (Å²) in [5, 5.41) is 10.7. The van der Waals surface area contributed by atoms with E-state index < -0.39 is 5.97 Å². The van der Waals surface area contributed by atoms with Crippen LogP contribution >= 0.6 is 0 Å². The molecule has 0 aliphatic carbocycles. The van der Waals surface area contributed by atoms with Gasteiger partial charge in [-0.3, -0.25) is 0 Å². The largest absolute Gasteiger partial charge is 1.00 e. The molecule has 2 rings (SSSR count). The van der Waals surface area contributed by atoms with E-state index in [-0.39, 0.29) is 78.7 Å². The molecule has 24 heavy (non-hydrogen) atoms. The molecule has 0 aliphatic rings. The minimum Gasteiger partial charge on any atom is -0.870 e. The Morgan fingerprint density at radius 3 is 1.79 bits per heavy atom. The van der Waals surface area contributed by atoms with E-state index in [9.17, 15) is 19.5 Å². The van der Waals surface area contributed by atoms with Gasteiger partial charge in [0.25, 0.3) is 0 Å². The molecule has 0 heterocycles. The second-order valence-electron chi connectivity index (χ2n) is 3.83. The van der Waals surface area contributed by atoms with Crippen LogP contribution in [0.15, 0.2) is 42.5 Å². The molecule has 0 radical (unpaired) electrons. The quantitative estimate of drug-likeness (QED) is 0.406. The molecule has 0 atom stereocenters. The molecule has 0 amide bonds. The first-order chi connectivity index (χ1) is 9.15. The third-order valence-electron chi connectivity index (χ3n) is 2.68. The Balaban J connectivity index is -0.000000400. The number of rotatable bonds is 4. The van der Waals surface area contributed by atoms with Gasteiger partial charge in [-0.05, 0) is 0 Å². The van der Waals surface area contributed by atoms with Crippen molar-refractivity contribution in [2.24, 2.45) is 0 Å². The van der Waals surface area contributed by atoms with E-state index in [0.29, 0.717) is 16.7 Å². The maximum absolute atomic E-state index is 10.9. The second kappa shape index (κ2) is 14.3. The van der Waals surface area contributed by atoms with Crippen molar-refractivity contribution in [3.05, 3.63) is 59.2 Å². The molecule has 2 N–H and O–H groups in total. The summed E-state index contributed by atoms with van der Waals surface area (Å²) in [6, 6.07) is 10.5. The molecule has 2 aromatic rings. The average Bonchev–Trinajstić information content (AvgIpc) is 2.46. The van der Waals surface area contributed by atoms with Crippen molar-refractivity contribution in [3.8, 4) is 11.1 Å². The van der Waals surface area contributed by atoms with Gasteiger partial charge in [-0.25, -0.2) is 0 Å². The Labute approximate surface area is 175 Å². The van der Waals surface area contributed by atoms with Gasteiger partial charge < -0.3 is 30.4 Å². The number of carboxylic acids is 1. The molecular formula is C15H9Li3O6-2. The van der Waals surface area contributed by atoms with Gasteiger partial charge in [0, 0.05) is 0 Å². The molecule has 110 valence electrons. The van der Waals surface area contributed by atoms with E-state index >= 15 is 0 Å². The zero-order chi connectivity index (χ0) is 13.8. The summed E-state index contributed by atoms with van der Waals surface area (Å²) < 4.78 is 0. The van der Waals surface area contributed by atoms with Crippen LogP contribution < -0.4 is 61.7 Å². The van der Waals surface area contributed by atoms with Crippen LogP contribution in [0.2, 0.25) is 0 Å². The summed E-state index contributed by atoms with van der Waals surface area (Å²) in [4.78, 5) is 32.1.